The van der Waals surface area contributed by atoms with E-state index in [0.717, 1.165) is 12.0 Å². The molecule has 0 fully saturated rings. The molecule has 7 heteroatoms. The number of nitrogens with zero attached hydrogens (tertiary/aromatic N) is 2. The van der Waals surface area contributed by atoms with Crippen molar-refractivity contribution >= 4 is 28.8 Å². The maximum atomic E-state index is 12.6. The van der Waals surface area contributed by atoms with Crippen LogP contribution in [-0.4, -0.2) is 28.0 Å². The molecule has 0 atom stereocenters. The molecule has 0 aliphatic rings. The molecule has 156 valence electrons. The lowest BCUT2D eigenvalue weighted by Gasteiger charge is -2.07. The standard InChI is InChI=1S/C24H21N3O3S/c1-15-12-19(23(29)30-2)20-21(25-15)26-24(27-22(20)28)31-14-18-10-8-17(9-11-18)13-16-6-4-3-5-7-16/h3-12H,13-14H2,1-2H3,(H,25,26,27,28). The fourth-order valence-corrected chi connectivity index (χ4v) is 4.13. The Labute approximate surface area is 183 Å². The van der Waals surface area contributed by atoms with Crippen LogP contribution in [0.25, 0.3) is 11.0 Å². The van der Waals surface area contributed by atoms with Crippen LogP contribution in [0.15, 0.2) is 70.6 Å². The molecule has 31 heavy (non-hydrogen) atoms. The summed E-state index contributed by atoms with van der Waals surface area (Å²) < 4.78 is 4.78. The van der Waals surface area contributed by atoms with Crippen molar-refractivity contribution in [2.24, 2.45) is 0 Å². The van der Waals surface area contributed by atoms with Gasteiger partial charge in [0.2, 0.25) is 0 Å². The predicted molar refractivity (Wildman–Crippen MR) is 121 cm³/mol. The van der Waals surface area contributed by atoms with Crippen LogP contribution in [-0.2, 0) is 16.9 Å². The van der Waals surface area contributed by atoms with Crippen molar-refractivity contribution < 1.29 is 9.53 Å². The summed E-state index contributed by atoms with van der Waals surface area (Å²) in [6, 6.07) is 20.3. The number of nitrogens with one attached hydrogen (secondary N) is 1. The zero-order valence-corrected chi connectivity index (χ0v) is 18.0. The van der Waals surface area contributed by atoms with Gasteiger partial charge in [-0.3, -0.25) is 4.79 Å². The number of ether oxygens (including phenoxy) is 1. The normalized spacial score (nSPS) is 10.9. The van der Waals surface area contributed by atoms with Crippen LogP contribution in [0.2, 0.25) is 0 Å². The zero-order chi connectivity index (χ0) is 21.8. The summed E-state index contributed by atoms with van der Waals surface area (Å²) in [6.07, 6.45) is 0.890. The Balaban J connectivity index is 1.51. The molecule has 1 N–H and O–H groups in total. The van der Waals surface area contributed by atoms with Gasteiger partial charge < -0.3 is 9.72 Å². The molecule has 4 aromatic rings. The molecule has 0 unspecified atom stereocenters. The van der Waals surface area contributed by atoms with E-state index >= 15 is 0 Å². The SMILES string of the molecule is COC(=O)c1cc(C)nc2nc(SCc3ccc(Cc4ccccc4)cc3)[nH]c(=O)c12. The lowest BCUT2D eigenvalue weighted by Crippen LogP contribution is -2.16. The van der Waals surface area contributed by atoms with Crippen LogP contribution in [0.5, 0.6) is 0 Å². The van der Waals surface area contributed by atoms with Gasteiger partial charge in [-0.05, 0) is 36.1 Å². The highest BCUT2D eigenvalue weighted by Crippen LogP contribution is 2.22. The highest BCUT2D eigenvalue weighted by atomic mass is 32.2. The molecular formula is C24H21N3O3S. The smallest absolute Gasteiger partial charge is 0.338 e. The number of carbonyl (C=O) groups excluding carboxylic acids is 1. The number of thioether (sulfide) groups is 1. The number of aryl methyl sites for hydroxylation is 1. The van der Waals surface area contributed by atoms with Crippen molar-refractivity contribution in [1.29, 1.82) is 0 Å². The second-order valence-electron chi connectivity index (χ2n) is 7.14. The third-order valence-electron chi connectivity index (χ3n) is 4.84. The number of hydrogen-bond acceptors (Lipinski definition) is 6. The van der Waals surface area contributed by atoms with E-state index < -0.39 is 11.5 Å². The number of esters is 1. The fraction of sp³-hybridized carbons (Fsp3) is 0.167. The van der Waals surface area contributed by atoms with E-state index in [9.17, 15) is 9.59 Å². The monoisotopic (exact) mass is 431 g/mol. The van der Waals surface area contributed by atoms with Crippen LogP contribution in [0.4, 0.5) is 0 Å². The molecule has 6 nitrogen and oxygen atoms in total. The Kier molecular flexibility index (Phi) is 6.13. The molecule has 0 amide bonds. The van der Waals surface area contributed by atoms with Gasteiger partial charge >= 0.3 is 5.97 Å². The van der Waals surface area contributed by atoms with Crippen molar-refractivity contribution in [3.05, 3.63) is 99.0 Å². The second kappa shape index (κ2) is 9.14. The van der Waals surface area contributed by atoms with Gasteiger partial charge in [-0.1, -0.05) is 66.4 Å². The molecule has 0 aliphatic heterocycles. The van der Waals surface area contributed by atoms with Crippen LogP contribution in [0.3, 0.4) is 0 Å². The Morgan fingerprint density at radius 2 is 1.68 bits per heavy atom. The van der Waals surface area contributed by atoms with Crippen molar-refractivity contribution in [2.45, 2.75) is 24.3 Å². The largest absolute Gasteiger partial charge is 0.465 e. The first-order valence-corrected chi connectivity index (χ1v) is 10.8. The van der Waals surface area contributed by atoms with Gasteiger partial charge in [-0.15, -0.1) is 0 Å². The quantitative estimate of drug-likeness (QED) is 0.278. The summed E-state index contributed by atoms with van der Waals surface area (Å²) in [4.78, 5) is 36.2. The average molecular weight is 432 g/mol. The molecule has 0 spiro atoms. The van der Waals surface area contributed by atoms with E-state index in [1.807, 2.05) is 18.2 Å². The Morgan fingerprint density at radius 1 is 1.00 bits per heavy atom. The van der Waals surface area contributed by atoms with Gasteiger partial charge in [0.15, 0.2) is 10.8 Å². The van der Waals surface area contributed by atoms with Gasteiger partial charge in [0.25, 0.3) is 5.56 Å². The minimum atomic E-state index is -0.584. The summed E-state index contributed by atoms with van der Waals surface area (Å²) in [5.74, 6) is 0.0641. The van der Waals surface area contributed by atoms with E-state index in [1.165, 1.54) is 36.1 Å². The molecule has 0 aliphatic carbocycles. The maximum absolute atomic E-state index is 12.6. The minimum Gasteiger partial charge on any atom is -0.465 e. The van der Waals surface area contributed by atoms with Gasteiger partial charge in [0.1, 0.15) is 0 Å². The molecule has 2 aromatic heterocycles. The van der Waals surface area contributed by atoms with Crippen LogP contribution >= 0.6 is 11.8 Å². The van der Waals surface area contributed by atoms with Gasteiger partial charge in [0.05, 0.1) is 18.1 Å². The highest BCUT2D eigenvalue weighted by molar-refractivity contribution is 7.98. The first kappa shape index (κ1) is 20.8. The average Bonchev–Trinajstić information content (AvgIpc) is 2.78. The number of fused-ring (bicyclic) bond motifs is 1. The predicted octanol–water partition coefficient (Wildman–Crippen LogP) is 4.30. The summed E-state index contributed by atoms with van der Waals surface area (Å²) in [5.41, 5.74) is 4.24. The molecule has 0 saturated heterocycles. The van der Waals surface area contributed by atoms with Crippen molar-refractivity contribution in [3.8, 4) is 0 Å². The van der Waals surface area contributed by atoms with E-state index in [0.29, 0.717) is 16.6 Å². The Morgan fingerprint density at radius 3 is 2.39 bits per heavy atom. The first-order chi connectivity index (χ1) is 15.0. The number of aromatic nitrogens is 3. The number of H-pyrrole nitrogens is 1. The number of aromatic amines is 1. The van der Waals surface area contributed by atoms with Crippen molar-refractivity contribution in [3.63, 3.8) is 0 Å². The van der Waals surface area contributed by atoms with E-state index in [2.05, 4.69) is 51.4 Å². The third kappa shape index (κ3) is 4.83. The number of carbonyl (C=O) groups is 1. The second-order valence-corrected chi connectivity index (χ2v) is 8.10. The fourth-order valence-electron chi connectivity index (χ4n) is 3.32. The topological polar surface area (TPSA) is 84.9 Å². The number of pyridine rings is 1. The molecule has 4 rings (SSSR count). The summed E-state index contributed by atoms with van der Waals surface area (Å²) in [6.45, 7) is 1.75. The summed E-state index contributed by atoms with van der Waals surface area (Å²) in [7, 11) is 1.28. The highest BCUT2D eigenvalue weighted by Gasteiger charge is 2.17. The van der Waals surface area contributed by atoms with Gasteiger partial charge in [-0.2, -0.15) is 0 Å². The molecule has 2 aromatic carbocycles. The van der Waals surface area contributed by atoms with Crippen molar-refractivity contribution in [1.82, 2.24) is 15.0 Å². The van der Waals surface area contributed by atoms with E-state index in [-0.39, 0.29) is 16.6 Å². The maximum Gasteiger partial charge on any atom is 0.338 e. The molecule has 0 saturated carbocycles. The summed E-state index contributed by atoms with van der Waals surface area (Å²) in [5, 5.41) is 0.604. The first-order valence-electron chi connectivity index (χ1n) is 9.78. The van der Waals surface area contributed by atoms with E-state index in [1.54, 1.807) is 6.92 Å². The molecule has 2 heterocycles. The van der Waals surface area contributed by atoms with Crippen LogP contribution in [0.1, 0.15) is 32.7 Å². The van der Waals surface area contributed by atoms with Gasteiger partial charge in [0, 0.05) is 11.4 Å². The van der Waals surface area contributed by atoms with E-state index in [4.69, 9.17) is 4.74 Å². The molecule has 0 radical (unpaired) electrons. The Hall–Kier alpha value is -3.45. The number of hydrogen-bond donors (Lipinski definition) is 1. The Bertz CT molecular complexity index is 1290. The summed E-state index contributed by atoms with van der Waals surface area (Å²) >= 11 is 1.42. The zero-order valence-electron chi connectivity index (χ0n) is 17.2. The van der Waals surface area contributed by atoms with Crippen LogP contribution < -0.4 is 5.56 Å². The molecule has 0 bridgehead atoms. The van der Waals surface area contributed by atoms with Crippen LogP contribution in [0, 0.1) is 6.92 Å². The lowest BCUT2D eigenvalue weighted by molar-refractivity contribution is 0.0602. The van der Waals surface area contributed by atoms with Gasteiger partial charge in [-0.25, -0.2) is 14.8 Å². The number of benzene rings is 2. The number of rotatable bonds is 6. The number of methoxy groups -OCH3 is 1. The third-order valence-corrected chi connectivity index (χ3v) is 5.78. The minimum absolute atomic E-state index is 0.145. The van der Waals surface area contributed by atoms with Crippen molar-refractivity contribution in [2.75, 3.05) is 7.11 Å². The lowest BCUT2D eigenvalue weighted by atomic mass is 10.0. The molecular weight excluding hydrogens is 410 g/mol.